The number of para-hydroxylation sites is 4. The number of allylic oxidation sites excluding steroid dienone is 2. The van der Waals surface area contributed by atoms with Gasteiger partial charge in [-0.3, -0.25) is 9.97 Å². The van der Waals surface area contributed by atoms with E-state index in [-0.39, 0.29) is 0 Å². The molecule has 20 rings (SSSR count). The van der Waals surface area contributed by atoms with Gasteiger partial charge in [0.25, 0.3) is 0 Å². The van der Waals surface area contributed by atoms with Gasteiger partial charge in [-0.25, -0.2) is 0 Å². The molecule has 0 saturated heterocycles. The molecule has 8 nitrogen and oxygen atoms in total. The minimum absolute atomic E-state index is 0.411. The van der Waals surface area contributed by atoms with Crippen molar-refractivity contribution in [3.8, 4) is 45.0 Å². The summed E-state index contributed by atoms with van der Waals surface area (Å²) >= 11 is 0. The zero-order valence-corrected chi connectivity index (χ0v) is 55.4. The average molecular weight is 1280 g/mol. The van der Waals surface area contributed by atoms with E-state index in [4.69, 9.17) is 18.8 Å². The van der Waals surface area contributed by atoms with Crippen LogP contribution in [-0.4, -0.2) is 28.2 Å². The number of fused-ring (bicyclic) bond motifs is 18. The first-order chi connectivity index (χ1) is 48.9. The highest BCUT2D eigenvalue weighted by molar-refractivity contribution is 6.12. The Kier molecular flexibility index (Phi) is 13.3. The Morgan fingerprint density at radius 2 is 0.980 bits per heavy atom. The molecule has 3 unspecified atom stereocenters. The van der Waals surface area contributed by atoms with Gasteiger partial charge in [0.2, 0.25) is 0 Å². The Balaban J connectivity index is 0.587. The minimum Gasteiger partial charge on any atom is -0.456 e. The second kappa shape index (κ2) is 23.0. The van der Waals surface area contributed by atoms with E-state index in [1.807, 2.05) is 24.5 Å². The summed E-state index contributed by atoms with van der Waals surface area (Å²) in [6.07, 6.45) is 21.8. The maximum Gasteiger partial charge on any atom is 0.135 e. The Morgan fingerprint density at radius 1 is 0.444 bits per heavy atom. The number of benzene rings is 10. The van der Waals surface area contributed by atoms with Crippen LogP contribution in [0.2, 0.25) is 0 Å². The number of aromatic nitrogens is 6. The molecule has 8 heteroatoms. The minimum atomic E-state index is 0.411. The zero-order valence-electron chi connectivity index (χ0n) is 55.4. The summed E-state index contributed by atoms with van der Waals surface area (Å²) in [6.45, 7) is 4.85. The number of rotatable bonds is 14. The lowest BCUT2D eigenvalue weighted by Crippen LogP contribution is -2.15. The van der Waals surface area contributed by atoms with Crippen LogP contribution in [0.3, 0.4) is 0 Å². The van der Waals surface area contributed by atoms with E-state index < -0.39 is 0 Å². The van der Waals surface area contributed by atoms with Crippen LogP contribution in [0.25, 0.3) is 167 Å². The molecule has 0 fully saturated rings. The second-order valence-electron chi connectivity index (χ2n) is 28.0. The van der Waals surface area contributed by atoms with Gasteiger partial charge in [-0.05, 0) is 224 Å². The van der Waals surface area contributed by atoms with Crippen LogP contribution in [0.15, 0.2) is 270 Å². The number of pyridine rings is 2. The highest BCUT2D eigenvalue weighted by atomic mass is 16.3. The Hall–Kier alpha value is -11.7. The van der Waals surface area contributed by atoms with Gasteiger partial charge in [0.15, 0.2) is 0 Å². The molecule has 99 heavy (non-hydrogen) atoms. The van der Waals surface area contributed by atoms with E-state index in [0.29, 0.717) is 17.8 Å². The van der Waals surface area contributed by atoms with Crippen molar-refractivity contribution in [2.45, 2.75) is 65.2 Å². The lowest BCUT2D eigenvalue weighted by molar-refractivity contribution is 0.325. The van der Waals surface area contributed by atoms with Gasteiger partial charge in [0.1, 0.15) is 22.5 Å². The summed E-state index contributed by atoms with van der Waals surface area (Å²) in [4.78, 5) is 9.87. The molecule has 8 aromatic heterocycles. The number of nitrogens with zero attached hydrogens (tertiary/aromatic N) is 6. The molecule has 0 saturated carbocycles. The number of hydrogen-bond acceptors (Lipinski definition) is 4. The van der Waals surface area contributed by atoms with E-state index in [1.54, 1.807) is 0 Å². The largest absolute Gasteiger partial charge is 0.456 e. The molecule has 10 aromatic carbocycles. The van der Waals surface area contributed by atoms with E-state index >= 15 is 0 Å². The fourth-order valence-electron chi connectivity index (χ4n) is 17.6. The Labute approximate surface area is 572 Å². The monoisotopic (exact) mass is 1280 g/mol. The zero-order chi connectivity index (χ0) is 65.4. The molecule has 2 aliphatic rings. The molecular weight excluding hydrogens is 1210 g/mol. The summed E-state index contributed by atoms with van der Waals surface area (Å²) in [5.74, 6) is 2.44. The van der Waals surface area contributed by atoms with Gasteiger partial charge in [-0.15, -0.1) is 0 Å². The third kappa shape index (κ3) is 9.40. The van der Waals surface area contributed by atoms with Crippen LogP contribution >= 0.6 is 0 Å². The van der Waals surface area contributed by atoms with Gasteiger partial charge in [-0.2, -0.15) is 0 Å². The average Bonchev–Trinajstić information content (AvgIpc) is 1.59. The molecule has 0 N–H and O–H groups in total. The first-order valence-electron chi connectivity index (χ1n) is 35.4. The van der Waals surface area contributed by atoms with Crippen LogP contribution in [0.4, 0.5) is 0 Å². The van der Waals surface area contributed by atoms with Crippen molar-refractivity contribution in [2.75, 3.05) is 0 Å². The van der Waals surface area contributed by atoms with Gasteiger partial charge in [0.05, 0.1) is 49.7 Å². The van der Waals surface area contributed by atoms with E-state index in [2.05, 4.69) is 281 Å². The van der Waals surface area contributed by atoms with Crippen LogP contribution in [0, 0.1) is 17.8 Å². The molecular formula is C91H70N6O2. The summed E-state index contributed by atoms with van der Waals surface area (Å²) in [5.41, 5.74) is 27.7. The standard InChI is InChI=1S/C91H70N6O2/c1-3-17-57(46-59-47-66(96-80-27-11-6-23-71(80)90-84(96)29-15-42-92-90)55-67(48-59)97-81-28-12-7-24-72(81)91-85(97)30-16-43-93-91)44-56(2)45-58-32-39-87-75(49-58)77-53-63(36-41-89(77)99-87)61-34-38-83-74(51-61)69-21-5-10-26-79(69)95(83)65-19-14-18-64(54-65)94-78-25-9-4-20-68(78)73-50-60(33-37-82(73)94)62-35-40-88-76(52-62)70-22-8-13-31-86(70)98-88/h4-9,11-16,18-25,27-43,47-48,50-58H,3,10,17,26,44-46,49H2,1-2H3. The van der Waals surface area contributed by atoms with Crippen LogP contribution < -0.4 is 0 Å². The van der Waals surface area contributed by atoms with E-state index in [0.717, 1.165) is 145 Å². The molecule has 476 valence electrons. The molecule has 0 spiro atoms. The molecule has 0 aliphatic heterocycles. The van der Waals surface area contributed by atoms with Crippen molar-refractivity contribution in [3.63, 3.8) is 0 Å². The van der Waals surface area contributed by atoms with E-state index in [9.17, 15) is 0 Å². The van der Waals surface area contributed by atoms with Crippen LogP contribution in [0.1, 0.15) is 74.1 Å². The normalized spacial score (nSPS) is 14.6. The van der Waals surface area contributed by atoms with Crippen molar-refractivity contribution in [1.29, 1.82) is 0 Å². The van der Waals surface area contributed by atoms with Crippen LogP contribution in [-0.2, 0) is 19.3 Å². The third-order valence-corrected chi connectivity index (χ3v) is 21.8. The first kappa shape index (κ1) is 57.5. The van der Waals surface area contributed by atoms with Crippen LogP contribution in [0.5, 0.6) is 0 Å². The Bertz CT molecular complexity index is 6150. The van der Waals surface area contributed by atoms with Gasteiger partial charge < -0.3 is 27.1 Å². The Morgan fingerprint density at radius 3 is 1.68 bits per heavy atom. The molecule has 0 bridgehead atoms. The molecule has 8 heterocycles. The summed E-state index contributed by atoms with van der Waals surface area (Å²) in [6, 6.07) is 87.1. The molecule has 18 aromatic rings. The van der Waals surface area contributed by atoms with Crippen molar-refractivity contribution in [1.82, 2.24) is 28.2 Å². The number of furan rings is 2. The molecule has 0 radical (unpaired) electrons. The molecule has 0 amide bonds. The third-order valence-electron chi connectivity index (χ3n) is 21.8. The highest BCUT2D eigenvalue weighted by Crippen LogP contribution is 2.44. The second-order valence-corrected chi connectivity index (χ2v) is 28.0. The molecule has 3 atom stereocenters. The fraction of sp³-hybridized carbons (Fsp3) is 0.143. The molecule has 2 aliphatic carbocycles. The summed E-state index contributed by atoms with van der Waals surface area (Å²) in [7, 11) is 0. The van der Waals surface area contributed by atoms with Gasteiger partial charge in [-0.1, -0.05) is 148 Å². The first-order valence-corrected chi connectivity index (χ1v) is 35.4. The topological polar surface area (TPSA) is 71.8 Å². The predicted molar refractivity (Wildman–Crippen MR) is 410 cm³/mol. The summed E-state index contributed by atoms with van der Waals surface area (Å²) in [5, 5.41) is 9.56. The van der Waals surface area contributed by atoms with Crippen molar-refractivity contribution < 1.29 is 8.83 Å². The fourth-order valence-corrected chi connectivity index (χ4v) is 17.6. The van der Waals surface area contributed by atoms with Crippen molar-refractivity contribution in [2.24, 2.45) is 17.8 Å². The maximum absolute atomic E-state index is 6.68. The lowest BCUT2D eigenvalue weighted by atomic mass is 9.80. The van der Waals surface area contributed by atoms with Gasteiger partial charge in [0, 0.05) is 95.1 Å². The SMILES string of the molecule is CCCC(Cc1cc(-n2c3ccccc3c3ncccc32)cc(-n2c3ccccc3c3ncccc32)c1)CC(C)CC1C=Cc2oc3ccc(-c4ccc5c(c4)c4c(n5-c5cccc(-n6c7ccccc7c7cc(-c8ccc9oc%10ccccc%10c9c8)ccc76)c5)CCC=C4)cc3c2C1. The van der Waals surface area contributed by atoms with Crippen molar-refractivity contribution in [3.05, 3.63) is 289 Å². The number of hydrogen-bond donors (Lipinski definition) is 0. The smallest absolute Gasteiger partial charge is 0.135 e. The lowest BCUT2D eigenvalue weighted by Gasteiger charge is -2.25. The van der Waals surface area contributed by atoms with Gasteiger partial charge >= 0.3 is 0 Å². The van der Waals surface area contributed by atoms with E-state index in [1.165, 1.54) is 89.2 Å². The summed E-state index contributed by atoms with van der Waals surface area (Å²) < 4.78 is 22.7. The predicted octanol–water partition coefficient (Wildman–Crippen LogP) is 23.9. The quantitative estimate of drug-likeness (QED) is 0.109. The highest BCUT2D eigenvalue weighted by Gasteiger charge is 2.27. The maximum atomic E-state index is 6.68. The van der Waals surface area contributed by atoms with Crippen molar-refractivity contribution >= 4 is 122 Å².